The molecule has 36 heavy (non-hydrogen) atoms. The molecule has 2 aliphatic carbocycles. The molecule has 3 rings (SSSR count). The van der Waals surface area contributed by atoms with Crippen molar-refractivity contribution in [2.45, 2.75) is 173 Å². The lowest BCUT2D eigenvalue weighted by molar-refractivity contribution is -0.138. The van der Waals surface area contributed by atoms with Gasteiger partial charge in [-0.3, -0.25) is 9.59 Å². The third-order valence-electron chi connectivity index (χ3n) is 5.70. The minimum absolute atomic E-state index is 0.0463. The molecule has 0 bridgehead atoms. The van der Waals surface area contributed by atoms with Crippen molar-refractivity contribution < 1.29 is 14.3 Å². The van der Waals surface area contributed by atoms with Gasteiger partial charge in [-0.1, -0.05) is 127 Å². The molecular formula is C32H71NO3. The molecule has 3 aliphatic rings. The maximum absolute atomic E-state index is 10.5. The van der Waals surface area contributed by atoms with Crippen LogP contribution < -0.4 is 0 Å². The summed E-state index contributed by atoms with van der Waals surface area (Å²) in [7, 11) is 0. The van der Waals surface area contributed by atoms with Gasteiger partial charge in [0.1, 0.15) is 0 Å². The quantitative estimate of drug-likeness (QED) is 0.342. The van der Waals surface area contributed by atoms with Crippen LogP contribution in [0.25, 0.3) is 0 Å². The highest BCUT2D eigenvalue weighted by Crippen LogP contribution is 2.34. The second-order valence-electron chi connectivity index (χ2n) is 8.86. The van der Waals surface area contributed by atoms with Crippen LogP contribution >= 0.6 is 0 Å². The lowest BCUT2D eigenvalue weighted by atomic mass is 9.78. The number of hydrogen-bond donors (Lipinski definition) is 0. The number of nitrogens with zero attached hydrogens (tertiary/aromatic N) is 1. The standard InChI is InChI=1S/C8H16.C6H13NO.C6H12.C4H6O2.4C2H6/c1-8(2)6-4-3-5-7-8;1-4-7(5-2)6(3)8;1-2-4-6-5-3-1;5-4-2-1-3-6-4;4*1-2/h3-7H2,1-2H3;4-5H2,1-3H3;1-6H2;1-3H2;4*1-2H3. The normalized spacial score (nSPS) is 16.3. The number of rotatable bonds is 2. The van der Waals surface area contributed by atoms with E-state index in [2.05, 4.69) is 18.6 Å². The Balaban J connectivity index is -0.000000109. The lowest BCUT2D eigenvalue weighted by Crippen LogP contribution is -2.27. The Morgan fingerprint density at radius 3 is 1.14 bits per heavy atom. The number of esters is 1. The van der Waals surface area contributed by atoms with E-state index in [4.69, 9.17) is 0 Å². The number of ether oxygens (including phenoxy) is 1. The second kappa shape index (κ2) is 38.5. The average molecular weight is 518 g/mol. The first-order valence-electron chi connectivity index (χ1n) is 15.7. The van der Waals surface area contributed by atoms with E-state index >= 15 is 0 Å². The van der Waals surface area contributed by atoms with E-state index in [1.54, 1.807) is 11.8 Å². The van der Waals surface area contributed by atoms with Gasteiger partial charge in [-0.25, -0.2) is 0 Å². The topological polar surface area (TPSA) is 46.6 Å². The molecule has 1 aliphatic heterocycles. The number of amides is 1. The molecule has 0 radical (unpaired) electrons. The molecule has 222 valence electrons. The first kappa shape index (κ1) is 44.9. The molecule has 3 fully saturated rings. The van der Waals surface area contributed by atoms with E-state index in [1.165, 1.54) is 70.6 Å². The molecular weight excluding hydrogens is 446 g/mol. The van der Waals surface area contributed by atoms with Crippen LogP contribution in [0.3, 0.4) is 0 Å². The molecule has 0 aromatic rings. The Bertz CT molecular complexity index is 373. The Morgan fingerprint density at radius 2 is 1.03 bits per heavy atom. The van der Waals surface area contributed by atoms with E-state index in [9.17, 15) is 9.59 Å². The van der Waals surface area contributed by atoms with Gasteiger partial charge >= 0.3 is 5.97 Å². The van der Waals surface area contributed by atoms with Crippen molar-refractivity contribution in [2.75, 3.05) is 19.7 Å². The summed E-state index contributed by atoms with van der Waals surface area (Å²) in [5.41, 5.74) is 0.679. The lowest BCUT2D eigenvalue weighted by Gasteiger charge is -2.28. The fourth-order valence-corrected chi connectivity index (χ4v) is 3.71. The fourth-order valence-electron chi connectivity index (χ4n) is 3.71. The average Bonchev–Trinajstić information content (AvgIpc) is 3.42. The summed E-state index contributed by atoms with van der Waals surface area (Å²) in [6.45, 7) is 28.6. The molecule has 0 aromatic heterocycles. The zero-order valence-corrected chi connectivity index (χ0v) is 27.5. The highest BCUT2D eigenvalue weighted by molar-refractivity contribution is 5.73. The first-order valence-corrected chi connectivity index (χ1v) is 15.7. The van der Waals surface area contributed by atoms with Gasteiger partial charge in [0.2, 0.25) is 5.91 Å². The zero-order valence-electron chi connectivity index (χ0n) is 27.5. The molecule has 4 nitrogen and oxygen atoms in total. The summed E-state index contributed by atoms with van der Waals surface area (Å²) >= 11 is 0. The minimum atomic E-state index is -0.0463. The summed E-state index contributed by atoms with van der Waals surface area (Å²) in [6.07, 6.45) is 17.8. The van der Waals surface area contributed by atoms with E-state index < -0.39 is 0 Å². The van der Waals surface area contributed by atoms with Crippen LogP contribution in [0.5, 0.6) is 0 Å². The summed E-state index contributed by atoms with van der Waals surface area (Å²) in [4.78, 5) is 22.3. The van der Waals surface area contributed by atoms with Crippen molar-refractivity contribution in [1.82, 2.24) is 4.90 Å². The molecule has 2 saturated carbocycles. The molecule has 1 heterocycles. The Labute approximate surface area is 229 Å². The van der Waals surface area contributed by atoms with Crippen molar-refractivity contribution in [1.29, 1.82) is 0 Å². The minimum Gasteiger partial charge on any atom is -0.466 e. The van der Waals surface area contributed by atoms with Gasteiger partial charge in [-0.05, 0) is 38.5 Å². The summed E-state index contributed by atoms with van der Waals surface area (Å²) in [6, 6.07) is 0. The Kier molecular flexibility index (Phi) is 48.0. The van der Waals surface area contributed by atoms with Crippen LogP contribution in [0.1, 0.15) is 173 Å². The predicted octanol–water partition coefficient (Wildman–Crippen LogP) is 10.6. The third kappa shape index (κ3) is 37.5. The van der Waals surface area contributed by atoms with Crippen LogP contribution in [-0.2, 0) is 14.3 Å². The van der Waals surface area contributed by atoms with Crippen LogP contribution in [0, 0.1) is 5.41 Å². The monoisotopic (exact) mass is 518 g/mol. The van der Waals surface area contributed by atoms with Gasteiger partial charge < -0.3 is 9.64 Å². The predicted molar refractivity (Wildman–Crippen MR) is 164 cm³/mol. The smallest absolute Gasteiger partial charge is 0.305 e. The van der Waals surface area contributed by atoms with Crippen molar-refractivity contribution in [3.05, 3.63) is 0 Å². The van der Waals surface area contributed by atoms with Crippen molar-refractivity contribution >= 4 is 11.9 Å². The van der Waals surface area contributed by atoms with E-state index in [-0.39, 0.29) is 11.9 Å². The largest absolute Gasteiger partial charge is 0.466 e. The maximum Gasteiger partial charge on any atom is 0.305 e. The second-order valence-corrected chi connectivity index (χ2v) is 8.86. The van der Waals surface area contributed by atoms with Gasteiger partial charge in [0.25, 0.3) is 0 Å². The highest BCUT2D eigenvalue weighted by Gasteiger charge is 2.19. The van der Waals surface area contributed by atoms with Gasteiger partial charge in [-0.15, -0.1) is 0 Å². The van der Waals surface area contributed by atoms with Gasteiger partial charge in [-0.2, -0.15) is 0 Å². The molecule has 1 saturated heterocycles. The van der Waals surface area contributed by atoms with Gasteiger partial charge in [0, 0.05) is 26.4 Å². The molecule has 4 heteroatoms. The van der Waals surface area contributed by atoms with Gasteiger partial charge in [0.05, 0.1) is 6.61 Å². The Hall–Kier alpha value is -1.06. The zero-order chi connectivity index (χ0) is 29.3. The molecule has 0 N–H and O–H groups in total. The summed E-state index contributed by atoms with van der Waals surface area (Å²) < 4.78 is 4.51. The molecule has 1 amide bonds. The maximum atomic E-state index is 10.5. The molecule has 0 atom stereocenters. The van der Waals surface area contributed by atoms with Crippen LogP contribution in [0.2, 0.25) is 0 Å². The summed E-state index contributed by atoms with van der Waals surface area (Å²) in [5.74, 6) is 0.116. The van der Waals surface area contributed by atoms with Crippen molar-refractivity contribution in [3.63, 3.8) is 0 Å². The van der Waals surface area contributed by atoms with Gasteiger partial charge in [0.15, 0.2) is 0 Å². The third-order valence-corrected chi connectivity index (χ3v) is 5.70. The van der Waals surface area contributed by atoms with Crippen LogP contribution in [-0.4, -0.2) is 36.5 Å². The molecule has 0 spiro atoms. The van der Waals surface area contributed by atoms with Crippen molar-refractivity contribution in [3.8, 4) is 0 Å². The number of cyclic esters (lactones) is 1. The van der Waals surface area contributed by atoms with Crippen molar-refractivity contribution in [2.24, 2.45) is 5.41 Å². The number of carbonyl (C=O) groups is 2. The Morgan fingerprint density at radius 1 is 0.694 bits per heavy atom. The summed E-state index contributed by atoms with van der Waals surface area (Å²) in [5, 5.41) is 0. The highest BCUT2D eigenvalue weighted by atomic mass is 16.5. The number of carbonyl (C=O) groups excluding carboxylic acids is 2. The van der Waals surface area contributed by atoms with E-state index in [0.29, 0.717) is 18.4 Å². The molecule has 0 aromatic carbocycles. The van der Waals surface area contributed by atoms with E-state index in [0.717, 1.165) is 19.5 Å². The molecule has 0 unspecified atom stereocenters. The first-order chi connectivity index (χ1) is 17.3. The SMILES string of the molecule is C1CCCCC1.CC.CC.CC.CC.CC1(C)CCCCC1.CCN(CC)C(C)=O.O=C1CCCO1. The number of hydrogen-bond acceptors (Lipinski definition) is 3. The van der Waals surface area contributed by atoms with Crippen LogP contribution in [0.4, 0.5) is 0 Å². The fraction of sp³-hybridized carbons (Fsp3) is 0.938. The van der Waals surface area contributed by atoms with E-state index in [1.807, 2.05) is 69.2 Å². The van der Waals surface area contributed by atoms with Crippen LogP contribution in [0.15, 0.2) is 0 Å².